The van der Waals surface area contributed by atoms with Crippen LogP contribution in [0.2, 0.25) is 5.02 Å². The van der Waals surface area contributed by atoms with Gasteiger partial charge in [-0.05, 0) is 30.7 Å². The number of carbonyl (C=O) groups excluding carboxylic acids is 1. The monoisotopic (exact) mass is 253 g/mol. The number of amides is 1. The van der Waals surface area contributed by atoms with Crippen molar-refractivity contribution < 1.29 is 9.53 Å². The van der Waals surface area contributed by atoms with E-state index in [0.29, 0.717) is 23.7 Å². The molecule has 4 heteroatoms. The Hall–Kier alpha value is -1.48. The van der Waals surface area contributed by atoms with Gasteiger partial charge in [0.25, 0.3) is 5.91 Å². The number of ether oxygens (including phenoxy) is 1. The van der Waals surface area contributed by atoms with Crippen LogP contribution in [0.15, 0.2) is 36.9 Å². The lowest BCUT2D eigenvalue weighted by Gasteiger charge is -2.16. The SMILES string of the molecule is C=CCNC(=O)[C@H](CC)Oc1ccc(Cl)cc1. The average molecular weight is 254 g/mol. The Labute approximate surface area is 106 Å². The van der Waals surface area contributed by atoms with Crippen LogP contribution < -0.4 is 10.1 Å². The van der Waals surface area contributed by atoms with Gasteiger partial charge in [0.2, 0.25) is 0 Å². The van der Waals surface area contributed by atoms with Crippen molar-refractivity contribution in [3.63, 3.8) is 0 Å². The lowest BCUT2D eigenvalue weighted by atomic mass is 10.2. The number of nitrogens with one attached hydrogen (secondary N) is 1. The Morgan fingerprint density at radius 2 is 2.18 bits per heavy atom. The van der Waals surface area contributed by atoms with E-state index in [9.17, 15) is 4.79 Å². The molecule has 1 N–H and O–H groups in total. The standard InChI is InChI=1S/C13H16ClNO2/c1-3-9-15-13(16)12(4-2)17-11-7-5-10(14)6-8-11/h3,5-8,12H,1,4,9H2,2H3,(H,15,16)/t12-/m0/s1. The van der Waals surface area contributed by atoms with Crippen LogP contribution in [0.3, 0.4) is 0 Å². The molecule has 0 heterocycles. The fourth-order valence-corrected chi connectivity index (χ4v) is 1.41. The van der Waals surface area contributed by atoms with Crippen LogP contribution in [-0.2, 0) is 4.79 Å². The summed E-state index contributed by atoms with van der Waals surface area (Å²) in [6.07, 6.45) is 1.74. The first kappa shape index (κ1) is 13.6. The summed E-state index contributed by atoms with van der Waals surface area (Å²) in [4.78, 5) is 11.7. The highest BCUT2D eigenvalue weighted by atomic mass is 35.5. The predicted octanol–water partition coefficient (Wildman–Crippen LogP) is 2.80. The lowest BCUT2D eigenvalue weighted by molar-refractivity contribution is -0.127. The summed E-state index contributed by atoms with van der Waals surface area (Å²) in [5.74, 6) is 0.498. The second-order valence-electron chi connectivity index (χ2n) is 3.50. The van der Waals surface area contributed by atoms with Crippen molar-refractivity contribution in [3.8, 4) is 5.75 Å². The van der Waals surface area contributed by atoms with E-state index in [0.717, 1.165) is 0 Å². The van der Waals surface area contributed by atoms with Crippen molar-refractivity contribution in [1.82, 2.24) is 5.32 Å². The van der Waals surface area contributed by atoms with Crippen molar-refractivity contribution in [1.29, 1.82) is 0 Å². The van der Waals surface area contributed by atoms with Gasteiger partial charge >= 0.3 is 0 Å². The van der Waals surface area contributed by atoms with Gasteiger partial charge in [-0.3, -0.25) is 4.79 Å². The van der Waals surface area contributed by atoms with E-state index in [2.05, 4.69) is 11.9 Å². The third-order valence-electron chi connectivity index (χ3n) is 2.18. The van der Waals surface area contributed by atoms with Gasteiger partial charge < -0.3 is 10.1 Å². The zero-order valence-corrected chi connectivity index (χ0v) is 10.5. The Morgan fingerprint density at radius 3 is 2.71 bits per heavy atom. The van der Waals surface area contributed by atoms with E-state index in [1.165, 1.54) is 0 Å². The fraction of sp³-hybridized carbons (Fsp3) is 0.308. The molecule has 0 aromatic heterocycles. The molecule has 0 aliphatic rings. The number of benzene rings is 1. The predicted molar refractivity (Wildman–Crippen MR) is 69.4 cm³/mol. The molecule has 1 aromatic rings. The highest BCUT2D eigenvalue weighted by molar-refractivity contribution is 6.30. The minimum atomic E-state index is -0.490. The van der Waals surface area contributed by atoms with Gasteiger partial charge in [0.05, 0.1) is 0 Å². The van der Waals surface area contributed by atoms with Crippen LogP contribution in [0.5, 0.6) is 5.75 Å². The molecule has 0 unspecified atom stereocenters. The minimum Gasteiger partial charge on any atom is -0.481 e. The van der Waals surface area contributed by atoms with Gasteiger partial charge in [-0.1, -0.05) is 24.6 Å². The molecule has 0 spiro atoms. The summed E-state index contributed by atoms with van der Waals surface area (Å²) in [7, 11) is 0. The zero-order chi connectivity index (χ0) is 12.7. The summed E-state index contributed by atoms with van der Waals surface area (Å²) in [5.41, 5.74) is 0. The second kappa shape index (κ2) is 6.97. The largest absolute Gasteiger partial charge is 0.481 e. The highest BCUT2D eigenvalue weighted by Crippen LogP contribution is 2.17. The Kier molecular flexibility index (Phi) is 5.57. The molecule has 0 aliphatic heterocycles. The number of hydrogen-bond donors (Lipinski definition) is 1. The molecule has 0 radical (unpaired) electrons. The molecule has 3 nitrogen and oxygen atoms in total. The fourth-order valence-electron chi connectivity index (χ4n) is 1.29. The first-order valence-electron chi connectivity index (χ1n) is 5.48. The molecule has 0 saturated carbocycles. The van der Waals surface area contributed by atoms with E-state index >= 15 is 0 Å². The van der Waals surface area contributed by atoms with Gasteiger partial charge in [-0.2, -0.15) is 0 Å². The van der Waals surface area contributed by atoms with E-state index in [4.69, 9.17) is 16.3 Å². The summed E-state index contributed by atoms with van der Waals surface area (Å²) >= 11 is 5.77. The lowest BCUT2D eigenvalue weighted by Crippen LogP contribution is -2.37. The van der Waals surface area contributed by atoms with Gasteiger partial charge in [-0.25, -0.2) is 0 Å². The van der Waals surface area contributed by atoms with Crippen LogP contribution >= 0.6 is 11.6 Å². The minimum absolute atomic E-state index is 0.137. The summed E-state index contributed by atoms with van der Waals surface area (Å²) < 4.78 is 5.57. The second-order valence-corrected chi connectivity index (χ2v) is 3.94. The molecule has 0 aliphatic carbocycles. The number of hydrogen-bond acceptors (Lipinski definition) is 2. The van der Waals surface area contributed by atoms with Crippen molar-refractivity contribution >= 4 is 17.5 Å². The maximum absolute atomic E-state index is 11.7. The molecule has 1 amide bonds. The molecule has 1 aromatic carbocycles. The first-order valence-corrected chi connectivity index (χ1v) is 5.86. The maximum atomic E-state index is 11.7. The quantitative estimate of drug-likeness (QED) is 0.792. The Morgan fingerprint density at radius 1 is 1.53 bits per heavy atom. The maximum Gasteiger partial charge on any atom is 0.261 e. The molecule has 92 valence electrons. The van der Waals surface area contributed by atoms with Crippen LogP contribution in [-0.4, -0.2) is 18.6 Å². The van der Waals surface area contributed by atoms with Crippen LogP contribution in [0, 0.1) is 0 Å². The smallest absolute Gasteiger partial charge is 0.261 e. The van der Waals surface area contributed by atoms with E-state index in [-0.39, 0.29) is 5.91 Å². The summed E-state index contributed by atoms with van der Waals surface area (Å²) in [5, 5.41) is 3.35. The zero-order valence-electron chi connectivity index (χ0n) is 9.78. The molecule has 1 rings (SSSR count). The first-order chi connectivity index (χ1) is 8.17. The molecule has 17 heavy (non-hydrogen) atoms. The molecule has 0 saturated heterocycles. The van der Waals surface area contributed by atoms with Crippen molar-refractivity contribution in [3.05, 3.63) is 41.9 Å². The topological polar surface area (TPSA) is 38.3 Å². The van der Waals surface area contributed by atoms with E-state index < -0.39 is 6.10 Å². The number of carbonyl (C=O) groups is 1. The third kappa shape index (κ3) is 4.49. The average Bonchev–Trinajstić information content (AvgIpc) is 2.35. The van der Waals surface area contributed by atoms with Gasteiger partial charge in [-0.15, -0.1) is 6.58 Å². The summed E-state index contributed by atoms with van der Waals surface area (Å²) in [6, 6.07) is 6.94. The van der Waals surface area contributed by atoms with Crippen LogP contribution in [0.4, 0.5) is 0 Å². The van der Waals surface area contributed by atoms with Gasteiger partial charge in [0.1, 0.15) is 5.75 Å². The molecular formula is C13H16ClNO2. The highest BCUT2D eigenvalue weighted by Gasteiger charge is 2.17. The number of halogens is 1. The van der Waals surface area contributed by atoms with Gasteiger partial charge in [0, 0.05) is 11.6 Å². The molecule has 0 bridgehead atoms. The van der Waals surface area contributed by atoms with Crippen molar-refractivity contribution in [2.24, 2.45) is 0 Å². The van der Waals surface area contributed by atoms with Crippen molar-refractivity contribution in [2.45, 2.75) is 19.4 Å². The van der Waals surface area contributed by atoms with Crippen molar-refractivity contribution in [2.75, 3.05) is 6.54 Å². The van der Waals surface area contributed by atoms with Crippen LogP contribution in [0.1, 0.15) is 13.3 Å². The Balaban J connectivity index is 2.59. The summed E-state index contributed by atoms with van der Waals surface area (Å²) in [6.45, 7) is 5.88. The Bertz CT molecular complexity index is 376. The van der Waals surface area contributed by atoms with Crippen LogP contribution in [0.25, 0.3) is 0 Å². The number of rotatable bonds is 6. The molecular weight excluding hydrogens is 238 g/mol. The normalized spacial score (nSPS) is 11.6. The third-order valence-corrected chi connectivity index (χ3v) is 2.43. The molecule has 1 atom stereocenters. The molecule has 0 fully saturated rings. The van der Waals surface area contributed by atoms with E-state index in [1.54, 1.807) is 30.3 Å². The van der Waals surface area contributed by atoms with Gasteiger partial charge in [0.15, 0.2) is 6.10 Å². The van der Waals surface area contributed by atoms with E-state index in [1.807, 2.05) is 6.92 Å².